The Balaban J connectivity index is 2.25. The lowest BCUT2D eigenvalue weighted by molar-refractivity contribution is 0.890. The van der Waals surface area contributed by atoms with E-state index in [0.717, 1.165) is 33.1 Å². The minimum absolute atomic E-state index is 0.833. The first-order valence-corrected chi connectivity index (χ1v) is 7.06. The van der Waals surface area contributed by atoms with E-state index in [2.05, 4.69) is 27.2 Å². The molecular formula is C11H14N4S2. The van der Waals surface area contributed by atoms with E-state index in [4.69, 9.17) is 0 Å². The summed E-state index contributed by atoms with van der Waals surface area (Å²) in [6.45, 7) is 4.05. The Morgan fingerprint density at radius 1 is 1.35 bits per heavy atom. The van der Waals surface area contributed by atoms with E-state index in [1.807, 2.05) is 25.4 Å². The lowest BCUT2D eigenvalue weighted by Crippen LogP contribution is -2.00. The number of hydrogen-bond acceptors (Lipinski definition) is 6. The fraction of sp³-hybridized carbons (Fsp3) is 0.364. The molecule has 0 aliphatic carbocycles. The Kier molecular flexibility index (Phi) is 3.96. The van der Waals surface area contributed by atoms with Crippen molar-refractivity contribution >= 4 is 28.9 Å². The maximum atomic E-state index is 4.48. The van der Waals surface area contributed by atoms with Gasteiger partial charge in [-0.15, -0.1) is 11.3 Å². The summed E-state index contributed by atoms with van der Waals surface area (Å²) in [5.74, 6) is 1.71. The van der Waals surface area contributed by atoms with Crippen LogP contribution in [0.25, 0.3) is 0 Å². The monoisotopic (exact) mass is 266 g/mol. The molecule has 0 aliphatic heterocycles. The van der Waals surface area contributed by atoms with E-state index in [1.54, 1.807) is 23.1 Å². The molecular weight excluding hydrogens is 252 g/mol. The fourth-order valence-corrected chi connectivity index (χ4v) is 3.08. The molecule has 17 heavy (non-hydrogen) atoms. The molecule has 0 atom stereocenters. The SMILES string of the molecule is CCc1nc(NC)cc(Sc2nc(C)cs2)n1. The first-order valence-electron chi connectivity index (χ1n) is 5.37. The standard InChI is InChI=1S/C11H14N4S2/c1-4-8-14-9(12-3)5-10(15-8)17-11-13-7(2)6-16-11/h5-6H,4H2,1-3H3,(H,12,14,15). The van der Waals surface area contributed by atoms with Crippen LogP contribution >= 0.6 is 23.1 Å². The Labute approximate surface area is 109 Å². The van der Waals surface area contributed by atoms with Crippen molar-refractivity contribution in [3.8, 4) is 0 Å². The maximum Gasteiger partial charge on any atom is 0.156 e. The lowest BCUT2D eigenvalue weighted by atomic mass is 10.4. The molecule has 0 amide bonds. The summed E-state index contributed by atoms with van der Waals surface area (Å²) in [5.41, 5.74) is 1.05. The molecule has 2 aromatic rings. The van der Waals surface area contributed by atoms with Crippen LogP contribution in [0.1, 0.15) is 18.4 Å². The summed E-state index contributed by atoms with van der Waals surface area (Å²) >= 11 is 3.23. The zero-order chi connectivity index (χ0) is 12.3. The topological polar surface area (TPSA) is 50.7 Å². The second kappa shape index (κ2) is 5.46. The zero-order valence-corrected chi connectivity index (χ0v) is 11.7. The van der Waals surface area contributed by atoms with Crippen molar-refractivity contribution in [1.29, 1.82) is 0 Å². The van der Waals surface area contributed by atoms with E-state index in [9.17, 15) is 0 Å². The summed E-state index contributed by atoms with van der Waals surface area (Å²) in [5, 5.41) is 6.04. The molecule has 4 nitrogen and oxygen atoms in total. The summed E-state index contributed by atoms with van der Waals surface area (Å²) in [7, 11) is 1.86. The van der Waals surface area contributed by atoms with Crippen LogP contribution in [0.15, 0.2) is 20.8 Å². The van der Waals surface area contributed by atoms with Gasteiger partial charge in [-0.3, -0.25) is 0 Å². The molecule has 90 valence electrons. The third-order valence-electron chi connectivity index (χ3n) is 2.11. The van der Waals surface area contributed by atoms with Crippen LogP contribution in [-0.4, -0.2) is 22.0 Å². The second-order valence-corrected chi connectivity index (χ2v) is 5.59. The molecule has 1 N–H and O–H groups in total. The van der Waals surface area contributed by atoms with Crippen LogP contribution in [0.4, 0.5) is 5.82 Å². The molecule has 2 heterocycles. The molecule has 0 radical (unpaired) electrons. The highest BCUT2D eigenvalue weighted by molar-refractivity contribution is 8.01. The Hall–Kier alpha value is -1.14. The molecule has 0 fully saturated rings. The number of anilines is 1. The van der Waals surface area contributed by atoms with Gasteiger partial charge in [0.15, 0.2) is 4.34 Å². The van der Waals surface area contributed by atoms with Gasteiger partial charge >= 0.3 is 0 Å². The van der Waals surface area contributed by atoms with Crippen LogP contribution in [-0.2, 0) is 6.42 Å². The number of nitrogens with zero attached hydrogens (tertiary/aromatic N) is 3. The quantitative estimate of drug-likeness (QED) is 0.862. The molecule has 0 aromatic carbocycles. The van der Waals surface area contributed by atoms with Crippen LogP contribution in [0, 0.1) is 6.92 Å². The lowest BCUT2D eigenvalue weighted by Gasteiger charge is -2.04. The average Bonchev–Trinajstić information content (AvgIpc) is 2.74. The smallest absolute Gasteiger partial charge is 0.156 e. The molecule has 6 heteroatoms. The van der Waals surface area contributed by atoms with Crippen molar-refractivity contribution in [2.24, 2.45) is 0 Å². The predicted octanol–water partition coefficient (Wildman–Crippen LogP) is 3.00. The van der Waals surface area contributed by atoms with E-state index in [-0.39, 0.29) is 0 Å². The normalized spacial score (nSPS) is 10.5. The third-order valence-corrected chi connectivity index (χ3v) is 4.09. The van der Waals surface area contributed by atoms with Gasteiger partial charge in [-0.05, 0) is 18.7 Å². The first kappa shape index (κ1) is 12.3. The van der Waals surface area contributed by atoms with Gasteiger partial charge in [0.25, 0.3) is 0 Å². The van der Waals surface area contributed by atoms with Crippen LogP contribution in [0.3, 0.4) is 0 Å². The van der Waals surface area contributed by atoms with E-state index >= 15 is 0 Å². The van der Waals surface area contributed by atoms with Gasteiger partial charge in [0.05, 0.1) is 0 Å². The van der Waals surface area contributed by atoms with Crippen molar-refractivity contribution in [3.05, 3.63) is 23.0 Å². The highest BCUT2D eigenvalue weighted by Crippen LogP contribution is 2.29. The van der Waals surface area contributed by atoms with Crippen molar-refractivity contribution in [2.75, 3.05) is 12.4 Å². The Morgan fingerprint density at radius 3 is 2.76 bits per heavy atom. The van der Waals surface area contributed by atoms with E-state index < -0.39 is 0 Å². The number of nitrogens with one attached hydrogen (secondary N) is 1. The average molecular weight is 266 g/mol. The largest absolute Gasteiger partial charge is 0.373 e. The van der Waals surface area contributed by atoms with Crippen LogP contribution < -0.4 is 5.32 Å². The number of hydrogen-bond donors (Lipinski definition) is 1. The van der Waals surface area contributed by atoms with Gasteiger partial charge in [-0.1, -0.05) is 6.92 Å². The van der Waals surface area contributed by atoms with E-state index in [1.165, 1.54) is 0 Å². The van der Waals surface area contributed by atoms with Gasteiger partial charge in [-0.2, -0.15) is 0 Å². The minimum atomic E-state index is 0.833. The minimum Gasteiger partial charge on any atom is -0.373 e. The molecule has 0 bridgehead atoms. The molecule has 0 unspecified atom stereocenters. The summed E-state index contributed by atoms with van der Waals surface area (Å²) < 4.78 is 1.02. The molecule has 0 saturated carbocycles. The zero-order valence-electron chi connectivity index (χ0n) is 10.0. The van der Waals surface area contributed by atoms with Crippen LogP contribution in [0.5, 0.6) is 0 Å². The third kappa shape index (κ3) is 3.17. The maximum absolute atomic E-state index is 4.48. The number of rotatable bonds is 4. The van der Waals surface area contributed by atoms with Gasteiger partial charge in [-0.25, -0.2) is 15.0 Å². The Morgan fingerprint density at radius 2 is 2.18 bits per heavy atom. The van der Waals surface area contributed by atoms with Crippen LogP contribution in [0.2, 0.25) is 0 Å². The van der Waals surface area contributed by atoms with Gasteiger partial charge in [0, 0.05) is 30.6 Å². The summed E-state index contributed by atoms with van der Waals surface area (Å²) in [6, 6.07) is 1.94. The van der Waals surface area contributed by atoms with Gasteiger partial charge in [0.1, 0.15) is 16.7 Å². The van der Waals surface area contributed by atoms with Crippen molar-refractivity contribution in [3.63, 3.8) is 0 Å². The molecule has 0 spiro atoms. The second-order valence-electron chi connectivity index (χ2n) is 3.47. The van der Waals surface area contributed by atoms with Crippen molar-refractivity contribution < 1.29 is 0 Å². The molecule has 0 aliphatic rings. The highest BCUT2D eigenvalue weighted by Gasteiger charge is 2.06. The fourth-order valence-electron chi connectivity index (χ4n) is 1.28. The predicted molar refractivity (Wildman–Crippen MR) is 71.9 cm³/mol. The summed E-state index contributed by atoms with van der Waals surface area (Å²) in [4.78, 5) is 13.3. The number of aromatic nitrogens is 3. The summed E-state index contributed by atoms with van der Waals surface area (Å²) in [6.07, 6.45) is 0.833. The number of thiazole rings is 1. The number of aryl methyl sites for hydroxylation is 2. The first-order chi connectivity index (χ1) is 8.21. The Bertz CT molecular complexity index is 488. The van der Waals surface area contributed by atoms with Gasteiger partial charge in [0.2, 0.25) is 0 Å². The van der Waals surface area contributed by atoms with Gasteiger partial charge < -0.3 is 5.32 Å². The van der Waals surface area contributed by atoms with Crippen molar-refractivity contribution in [1.82, 2.24) is 15.0 Å². The molecule has 0 saturated heterocycles. The molecule has 2 aromatic heterocycles. The highest BCUT2D eigenvalue weighted by atomic mass is 32.2. The van der Waals surface area contributed by atoms with Crippen molar-refractivity contribution in [2.45, 2.75) is 29.6 Å². The van der Waals surface area contributed by atoms with E-state index in [0.29, 0.717) is 0 Å². The molecule has 2 rings (SSSR count).